The van der Waals surface area contributed by atoms with Crippen molar-refractivity contribution < 1.29 is 24.2 Å². The normalized spacial score (nSPS) is 22.5. The Balaban J connectivity index is 2.22. The standard InChI is InChI=1S/C11H18N2O5/c1-2-12-9(14)5-6-13-10(15)7-3-4-8(18-7)11(16)17/h7-8H,2-6H2,1H3,(H,12,14)(H,13,15)(H,16,17)/t7-,8+/m0/s1. The second kappa shape index (κ2) is 6.95. The first-order chi connectivity index (χ1) is 8.54. The molecule has 0 radical (unpaired) electrons. The van der Waals surface area contributed by atoms with E-state index in [1.165, 1.54) is 0 Å². The second-order valence-corrected chi connectivity index (χ2v) is 4.02. The van der Waals surface area contributed by atoms with Gasteiger partial charge in [0.2, 0.25) is 11.8 Å². The highest BCUT2D eigenvalue weighted by molar-refractivity contribution is 5.83. The van der Waals surface area contributed by atoms with E-state index in [9.17, 15) is 14.4 Å². The molecular weight excluding hydrogens is 240 g/mol. The van der Waals surface area contributed by atoms with Crippen LogP contribution in [-0.2, 0) is 19.1 Å². The average molecular weight is 258 g/mol. The molecule has 0 spiro atoms. The Bertz CT molecular complexity index is 331. The Kier molecular flexibility index (Phi) is 5.57. The van der Waals surface area contributed by atoms with Crippen molar-refractivity contribution in [2.24, 2.45) is 0 Å². The van der Waals surface area contributed by atoms with Crippen molar-refractivity contribution in [2.75, 3.05) is 13.1 Å². The third kappa shape index (κ3) is 4.33. The summed E-state index contributed by atoms with van der Waals surface area (Å²) in [6.45, 7) is 2.59. The molecule has 1 rings (SSSR count). The van der Waals surface area contributed by atoms with E-state index in [2.05, 4.69) is 10.6 Å². The lowest BCUT2D eigenvalue weighted by molar-refractivity contribution is -0.151. The topological polar surface area (TPSA) is 105 Å². The Morgan fingerprint density at radius 1 is 1.22 bits per heavy atom. The molecule has 0 aliphatic carbocycles. The van der Waals surface area contributed by atoms with E-state index in [-0.39, 0.29) is 24.8 Å². The minimum Gasteiger partial charge on any atom is -0.479 e. The third-order valence-electron chi connectivity index (χ3n) is 2.61. The summed E-state index contributed by atoms with van der Waals surface area (Å²) in [6.07, 6.45) is -0.688. The summed E-state index contributed by atoms with van der Waals surface area (Å²) in [6, 6.07) is 0. The van der Waals surface area contributed by atoms with Crippen molar-refractivity contribution in [3.63, 3.8) is 0 Å². The molecule has 1 aliphatic rings. The van der Waals surface area contributed by atoms with Crippen LogP contribution in [0.5, 0.6) is 0 Å². The fraction of sp³-hybridized carbons (Fsp3) is 0.727. The van der Waals surface area contributed by atoms with Gasteiger partial charge in [-0.15, -0.1) is 0 Å². The van der Waals surface area contributed by atoms with Gasteiger partial charge in [0.25, 0.3) is 0 Å². The molecule has 7 heteroatoms. The minimum absolute atomic E-state index is 0.131. The molecule has 18 heavy (non-hydrogen) atoms. The predicted molar refractivity (Wildman–Crippen MR) is 61.8 cm³/mol. The summed E-state index contributed by atoms with van der Waals surface area (Å²) in [4.78, 5) is 33.3. The predicted octanol–water partition coefficient (Wildman–Crippen LogP) is -0.739. The molecule has 1 aliphatic heterocycles. The van der Waals surface area contributed by atoms with Crippen molar-refractivity contribution in [3.05, 3.63) is 0 Å². The largest absolute Gasteiger partial charge is 0.479 e. The van der Waals surface area contributed by atoms with E-state index in [1.807, 2.05) is 6.92 Å². The monoisotopic (exact) mass is 258 g/mol. The van der Waals surface area contributed by atoms with E-state index < -0.39 is 18.2 Å². The molecule has 1 fully saturated rings. The first-order valence-corrected chi connectivity index (χ1v) is 5.97. The van der Waals surface area contributed by atoms with Crippen LogP contribution < -0.4 is 10.6 Å². The summed E-state index contributed by atoms with van der Waals surface area (Å²) in [5.41, 5.74) is 0. The lowest BCUT2D eigenvalue weighted by Crippen LogP contribution is -2.37. The number of carboxylic acid groups (broad SMARTS) is 1. The summed E-state index contributed by atoms with van der Waals surface area (Å²) < 4.78 is 5.08. The van der Waals surface area contributed by atoms with Gasteiger partial charge in [0.1, 0.15) is 6.10 Å². The maximum atomic E-state index is 11.6. The Morgan fingerprint density at radius 3 is 2.44 bits per heavy atom. The lowest BCUT2D eigenvalue weighted by Gasteiger charge is -2.11. The van der Waals surface area contributed by atoms with E-state index in [0.29, 0.717) is 19.4 Å². The molecule has 0 saturated carbocycles. The van der Waals surface area contributed by atoms with Gasteiger partial charge in [0, 0.05) is 19.5 Å². The molecule has 0 aromatic heterocycles. The number of nitrogens with one attached hydrogen (secondary N) is 2. The fourth-order valence-electron chi connectivity index (χ4n) is 1.71. The molecule has 0 aromatic carbocycles. The molecule has 1 saturated heterocycles. The molecule has 3 N–H and O–H groups in total. The molecule has 2 amide bonds. The highest BCUT2D eigenvalue weighted by atomic mass is 16.5. The third-order valence-corrected chi connectivity index (χ3v) is 2.61. The summed E-state index contributed by atoms with van der Waals surface area (Å²) in [5.74, 6) is -1.54. The van der Waals surface area contributed by atoms with Gasteiger partial charge in [-0.3, -0.25) is 9.59 Å². The number of carbonyl (C=O) groups excluding carboxylic acids is 2. The van der Waals surface area contributed by atoms with Crippen LogP contribution in [0.4, 0.5) is 0 Å². The molecular formula is C11H18N2O5. The van der Waals surface area contributed by atoms with Crippen molar-refractivity contribution >= 4 is 17.8 Å². The van der Waals surface area contributed by atoms with Crippen LogP contribution >= 0.6 is 0 Å². The Morgan fingerprint density at radius 2 is 1.89 bits per heavy atom. The SMILES string of the molecule is CCNC(=O)CCNC(=O)[C@@H]1CC[C@H](C(=O)O)O1. The van der Waals surface area contributed by atoms with E-state index in [4.69, 9.17) is 9.84 Å². The number of hydrogen-bond donors (Lipinski definition) is 3. The minimum atomic E-state index is -1.05. The smallest absolute Gasteiger partial charge is 0.332 e. The van der Waals surface area contributed by atoms with Crippen LogP contribution in [0.15, 0.2) is 0 Å². The van der Waals surface area contributed by atoms with Crippen molar-refractivity contribution in [3.8, 4) is 0 Å². The van der Waals surface area contributed by atoms with E-state index in [0.717, 1.165) is 0 Å². The van der Waals surface area contributed by atoms with Gasteiger partial charge in [0.15, 0.2) is 6.10 Å². The van der Waals surface area contributed by atoms with Gasteiger partial charge < -0.3 is 20.5 Å². The molecule has 102 valence electrons. The zero-order valence-corrected chi connectivity index (χ0v) is 10.3. The highest BCUT2D eigenvalue weighted by Gasteiger charge is 2.34. The number of amides is 2. The molecule has 0 unspecified atom stereocenters. The Hall–Kier alpha value is -1.63. The average Bonchev–Trinajstić information content (AvgIpc) is 2.78. The van der Waals surface area contributed by atoms with Gasteiger partial charge in [-0.25, -0.2) is 4.79 Å². The summed E-state index contributed by atoms with van der Waals surface area (Å²) in [5, 5.41) is 13.9. The Labute approximate surface area is 105 Å². The van der Waals surface area contributed by atoms with Crippen molar-refractivity contribution in [2.45, 2.75) is 38.4 Å². The maximum Gasteiger partial charge on any atom is 0.332 e. The zero-order valence-electron chi connectivity index (χ0n) is 10.3. The van der Waals surface area contributed by atoms with Crippen LogP contribution in [0.2, 0.25) is 0 Å². The molecule has 1 heterocycles. The quantitative estimate of drug-likeness (QED) is 0.582. The van der Waals surface area contributed by atoms with Gasteiger partial charge in [-0.2, -0.15) is 0 Å². The molecule has 2 atom stereocenters. The van der Waals surface area contributed by atoms with Crippen molar-refractivity contribution in [1.29, 1.82) is 0 Å². The van der Waals surface area contributed by atoms with Gasteiger partial charge >= 0.3 is 5.97 Å². The molecule has 0 aromatic rings. The number of hydrogen-bond acceptors (Lipinski definition) is 4. The zero-order chi connectivity index (χ0) is 13.5. The second-order valence-electron chi connectivity index (χ2n) is 4.02. The molecule has 0 bridgehead atoms. The van der Waals surface area contributed by atoms with E-state index >= 15 is 0 Å². The van der Waals surface area contributed by atoms with E-state index in [1.54, 1.807) is 0 Å². The van der Waals surface area contributed by atoms with Crippen LogP contribution in [0.25, 0.3) is 0 Å². The van der Waals surface area contributed by atoms with Gasteiger partial charge in [0.05, 0.1) is 0 Å². The number of aliphatic carboxylic acids is 1. The molecule has 7 nitrogen and oxygen atoms in total. The highest BCUT2D eigenvalue weighted by Crippen LogP contribution is 2.19. The number of carbonyl (C=O) groups is 3. The summed E-state index contributed by atoms with van der Waals surface area (Å²) >= 11 is 0. The maximum absolute atomic E-state index is 11.6. The van der Waals surface area contributed by atoms with Gasteiger partial charge in [-0.05, 0) is 19.8 Å². The van der Waals surface area contributed by atoms with Gasteiger partial charge in [-0.1, -0.05) is 0 Å². The first kappa shape index (κ1) is 14.4. The van der Waals surface area contributed by atoms with Crippen LogP contribution in [-0.4, -0.2) is 48.2 Å². The van der Waals surface area contributed by atoms with Crippen LogP contribution in [0.3, 0.4) is 0 Å². The number of carboxylic acids is 1. The fourth-order valence-corrected chi connectivity index (χ4v) is 1.71. The summed E-state index contributed by atoms with van der Waals surface area (Å²) in [7, 11) is 0. The van der Waals surface area contributed by atoms with Crippen molar-refractivity contribution in [1.82, 2.24) is 10.6 Å². The van der Waals surface area contributed by atoms with Crippen LogP contribution in [0.1, 0.15) is 26.2 Å². The first-order valence-electron chi connectivity index (χ1n) is 5.97. The number of ether oxygens (including phenoxy) is 1. The number of rotatable bonds is 6. The van der Waals surface area contributed by atoms with Crippen LogP contribution in [0, 0.1) is 0 Å². The lowest BCUT2D eigenvalue weighted by atomic mass is 10.2.